The number of aromatic nitrogens is 1. The first-order valence-electron chi connectivity index (χ1n) is 6.28. The van der Waals surface area contributed by atoms with E-state index in [1.165, 1.54) is 16.7 Å². The van der Waals surface area contributed by atoms with Gasteiger partial charge >= 0.3 is 0 Å². The third-order valence-corrected chi connectivity index (χ3v) is 3.33. The van der Waals surface area contributed by atoms with Gasteiger partial charge in [0.1, 0.15) is 5.76 Å². The zero-order valence-electron chi connectivity index (χ0n) is 11.4. The summed E-state index contributed by atoms with van der Waals surface area (Å²) < 4.78 is 5.51. The maximum Gasteiger partial charge on any atom is 0.211 e. The van der Waals surface area contributed by atoms with Gasteiger partial charge in [-0.05, 0) is 44.4 Å². The van der Waals surface area contributed by atoms with Gasteiger partial charge in [0.25, 0.3) is 0 Å². The molecular weight excluding hydrogens is 224 g/mol. The van der Waals surface area contributed by atoms with Crippen LogP contribution in [-0.2, 0) is 6.54 Å². The van der Waals surface area contributed by atoms with Crippen molar-refractivity contribution in [2.45, 2.75) is 40.3 Å². The molecule has 0 saturated carbocycles. The minimum Gasteiger partial charge on any atom is -0.444 e. The highest BCUT2D eigenvalue weighted by Crippen LogP contribution is 2.16. The minimum absolute atomic E-state index is 0.124. The first kappa shape index (κ1) is 12.8. The number of rotatable bonds is 4. The van der Waals surface area contributed by atoms with E-state index in [4.69, 9.17) is 4.42 Å². The summed E-state index contributed by atoms with van der Waals surface area (Å²) in [5, 5.41) is 3.44. The van der Waals surface area contributed by atoms with Crippen LogP contribution in [0.15, 0.2) is 28.8 Å². The van der Waals surface area contributed by atoms with Gasteiger partial charge in [-0.25, -0.2) is 4.98 Å². The third kappa shape index (κ3) is 2.79. The molecular formula is C15H20N2O. The quantitative estimate of drug-likeness (QED) is 0.895. The number of nitrogens with zero attached hydrogens (tertiary/aromatic N) is 1. The van der Waals surface area contributed by atoms with Gasteiger partial charge in [-0.3, -0.25) is 0 Å². The molecule has 1 unspecified atom stereocenters. The molecule has 1 N–H and O–H groups in total. The van der Waals surface area contributed by atoms with Crippen LogP contribution in [0.2, 0.25) is 0 Å². The fraction of sp³-hybridized carbons (Fsp3) is 0.400. The SMILES string of the molecule is Cc1cnc(C(C)NCc2cccc(C)c2C)o1. The summed E-state index contributed by atoms with van der Waals surface area (Å²) in [4.78, 5) is 4.24. The molecule has 1 heterocycles. The topological polar surface area (TPSA) is 38.1 Å². The summed E-state index contributed by atoms with van der Waals surface area (Å²) >= 11 is 0. The lowest BCUT2D eigenvalue weighted by atomic mass is 10.0. The van der Waals surface area contributed by atoms with Gasteiger partial charge in [-0.15, -0.1) is 0 Å². The largest absolute Gasteiger partial charge is 0.444 e. The molecule has 2 aromatic rings. The molecule has 1 atom stereocenters. The molecule has 96 valence electrons. The van der Waals surface area contributed by atoms with Gasteiger partial charge in [0.2, 0.25) is 5.89 Å². The Morgan fingerprint density at radius 3 is 2.72 bits per heavy atom. The van der Waals surface area contributed by atoms with Crippen molar-refractivity contribution in [3.05, 3.63) is 52.7 Å². The van der Waals surface area contributed by atoms with Crippen LogP contribution >= 0.6 is 0 Å². The summed E-state index contributed by atoms with van der Waals surface area (Å²) in [7, 11) is 0. The van der Waals surface area contributed by atoms with E-state index >= 15 is 0 Å². The Bertz CT molecular complexity index is 531. The molecule has 0 aliphatic rings. The van der Waals surface area contributed by atoms with Crippen molar-refractivity contribution in [2.24, 2.45) is 0 Å². The first-order valence-corrected chi connectivity index (χ1v) is 6.28. The summed E-state index contributed by atoms with van der Waals surface area (Å²) in [5.41, 5.74) is 4.00. The third-order valence-electron chi connectivity index (χ3n) is 3.33. The van der Waals surface area contributed by atoms with Crippen LogP contribution < -0.4 is 5.32 Å². The van der Waals surface area contributed by atoms with Crippen LogP contribution in [0.25, 0.3) is 0 Å². The highest BCUT2D eigenvalue weighted by Gasteiger charge is 2.11. The second kappa shape index (κ2) is 5.36. The Labute approximate surface area is 108 Å². The molecule has 3 heteroatoms. The van der Waals surface area contributed by atoms with Crippen LogP contribution in [0, 0.1) is 20.8 Å². The number of hydrogen-bond donors (Lipinski definition) is 1. The predicted molar refractivity (Wildman–Crippen MR) is 72.4 cm³/mol. The number of nitrogens with one attached hydrogen (secondary N) is 1. The first-order chi connectivity index (χ1) is 8.58. The van der Waals surface area contributed by atoms with Gasteiger partial charge in [0.05, 0.1) is 12.2 Å². The number of hydrogen-bond acceptors (Lipinski definition) is 3. The zero-order valence-corrected chi connectivity index (χ0v) is 11.4. The van der Waals surface area contributed by atoms with Crippen molar-refractivity contribution < 1.29 is 4.42 Å². The molecule has 0 bridgehead atoms. The maximum absolute atomic E-state index is 5.51. The van der Waals surface area contributed by atoms with E-state index in [2.05, 4.69) is 49.3 Å². The van der Waals surface area contributed by atoms with Gasteiger partial charge in [0, 0.05) is 6.54 Å². The number of oxazole rings is 1. The average molecular weight is 244 g/mol. The minimum atomic E-state index is 0.124. The lowest BCUT2D eigenvalue weighted by molar-refractivity contribution is 0.402. The molecule has 2 rings (SSSR count). The Hall–Kier alpha value is -1.61. The molecule has 3 nitrogen and oxygen atoms in total. The molecule has 0 aliphatic heterocycles. The van der Waals surface area contributed by atoms with Crippen molar-refractivity contribution in [3.8, 4) is 0 Å². The molecule has 0 saturated heterocycles. The van der Waals surface area contributed by atoms with Crippen molar-refractivity contribution in [1.82, 2.24) is 10.3 Å². The van der Waals surface area contributed by atoms with E-state index < -0.39 is 0 Å². The van der Waals surface area contributed by atoms with Crippen molar-refractivity contribution in [3.63, 3.8) is 0 Å². The van der Waals surface area contributed by atoms with E-state index in [1.807, 2.05) is 6.92 Å². The lowest BCUT2D eigenvalue weighted by Crippen LogP contribution is -2.19. The van der Waals surface area contributed by atoms with Gasteiger partial charge < -0.3 is 9.73 Å². The lowest BCUT2D eigenvalue weighted by Gasteiger charge is -2.13. The zero-order chi connectivity index (χ0) is 13.1. The Morgan fingerprint density at radius 1 is 1.28 bits per heavy atom. The Morgan fingerprint density at radius 2 is 2.06 bits per heavy atom. The standard InChI is InChI=1S/C15H20N2O/c1-10-6-5-7-14(12(10)3)9-16-13(4)15-17-8-11(2)18-15/h5-8,13,16H,9H2,1-4H3. The van der Waals surface area contributed by atoms with Crippen LogP contribution in [0.4, 0.5) is 0 Å². The molecule has 1 aromatic carbocycles. The normalized spacial score (nSPS) is 12.7. The predicted octanol–water partition coefficient (Wildman–Crippen LogP) is 3.45. The average Bonchev–Trinajstić information content (AvgIpc) is 2.77. The van der Waals surface area contributed by atoms with Crippen molar-refractivity contribution >= 4 is 0 Å². The Kier molecular flexibility index (Phi) is 3.82. The van der Waals surface area contributed by atoms with Crippen LogP contribution in [0.1, 0.15) is 41.3 Å². The fourth-order valence-corrected chi connectivity index (χ4v) is 1.93. The maximum atomic E-state index is 5.51. The number of benzene rings is 1. The van der Waals surface area contributed by atoms with Gasteiger partial charge in [-0.2, -0.15) is 0 Å². The summed E-state index contributed by atoms with van der Waals surface area (Å²) in [6.07, 6.45) is 1.76. The molecule has 1 aromatic heterocycles. The molecule has 0 fully saturated rings. The number of aryl methyl sites for hydroxylation is 2. The molecule has 0 aliphatic carbocycles. The van der Waals surface area contributed by atoms with Crippen molar-refractivity contribution in [1.29, 1.82) is 0 Å². The fourth-order valence-electron chi connectivity index (χ4n) is 1.93. The second-order valence-corrected chi connectivity index (χ2v) is 4.77. The summed E-state index contributed by atoms with van der Waals surface area (Å²) in [6, 6.07) is 6.51. The van der Waals surface area contributed by atoms with Gasteiger partial charge in [0.15, 0.2) is 0 Å². The van der Waals surface area contributed by atoms with Crippen molar-refractivity contribution in [2.75, 3.05) is 0 Å². The highest BCUT2D eigenvalue weighted by atomic mass is 16.4. The molecule has 18 heavy (non-hydrogen) atoms. The summed E-state index contributed by atoms with van der Waals surface area (Å²) in [6.45, 7) is 9.10. The summed E-state index contributed by atoms with van der Waals surface area (Å²) in [5.74, 6) is 1.60. The van der Waals surface area contributed by atoms with Crippen LogP contribution in [0.5, 0.6) is 0 Å². The van der Waals surface area contributed by atoms with E-state index in [9.17, 15) is 0 Å². The molecule has 0 spiro atoms. The second-order valence-electron chi connectivity index (χ2n) is 4.77. The van der Waals surface area contributed by atoms with Gasteiger partial charge in [-0.1, -0.05) is 18.2 Å². The van der Waals surface area contributed by atoms with E-state index in [1.54, 1.807) is 6.20 Å². The smallest absolute Gasteiger partial charge is 0.211 e. The van der Waals surface area contributed by atoms with E-state index in [0.717, 1.165) is 18.2 Å². The van der Waals surface area contributed by atoms with Crippen LogP contribution in [0.3, 0.4) is 0 Å². The Balaban J connectivity index is 2.01. The van der Waals surface area contributed by atoms with E-state index in [-0.39, 0.29) is 6.04 Å². The monoisotopic (exact) mass is 244 g/mol. The van der Waals surface area contributed by atoms with E-state index in [0.29, 0.717) is 0 Å². The van der Waals surface area contributed by atoms with Crippen LogP contribution in [-0.4, -0.2) is 4.98 Å². The molecule has 0 radical (unpaired) electrons. The molecule has 0 amide bonds. The highest BCUT2D eigenvalue weighted by molar-refractivity contribution is 5.33.